The van der Waals surface area contributed by atoms with Crippen LogP contribution in [0.3, 0.4) is 0 Å². The van der Waals surface area contributed by atoms with E-state index in [1.165, 1.54) is 12.8 Å². The highest BCUT2D eigenvalue weighted by atomic mass is 16.6. The fourth-order valence-electron chi connectivity index (χ4n) is 2.79. The van der Waals surface area contributed by atoms with Crippen LogP contribution < -0.4 is 5.32 Å². The minimum atomic E-state index is -0.392. The third-order valence-electron chi connectivity index (χ3n) is 3.77. The molecule has 2 heterocycles. The Labute approximate surface area is 115 Å². The predicted octanol–water partition coefficient (Wildman–Crippen LogP) is 0.640. The normalized spacial score (nSPS) is 28.1. The number of amides is 1. The molecule has 2 fully saturated rings. The predicted molar refractivity (Wildman–Crippen MR) is 73.0 cm³/mol. The van der Waals surface area contributed by atoms with Crippen molar-refractivity contribution in [1.82, 2.24) is 10.2 Å². The van der Waals surface area contributed by atoms with Crippen LogP contribution in [0.25, 0.3) is 0 Å². The highest BCUT2D eigenvalue weighted by molar-refractivity contribution is 5.81. The van der Waals surface area contributed by atoms with Crippen molar-refractivity contribution in [2.24, 2.45) is 5.92 Å². The van der Waals surface area contributed by atoms with Gasteiger partial charge in [-0.15, -0.1) is 0 Å². The van der Waals surface area contributed by atoms with Crippen molar-refractivity contribution in [3.63, 3.8) is 0 Å². The van der Waals surface area contributed by atoms with Gasteiger partial charge in [-0.1, -0.05) is 6.92 Å². The van der Waals surface area contributed by atoms with Crippen LogP contribution in [0, 0.1) is 5.92 Å². The Bertz CT molecular complexity index is 274. The first kappa shape index (κ1) is 14.8. The minimum absolute atomic E-state index is 0.104. The lowest BCUT2D eigenvalue weighted by Crippen LogP contribution is -2.48. The Kier molecular flexibility index (Phi) is 6.07. The van der Waals surface area contributed by atoms with E-state index < -0.39 is 6.10 Å². The van der Waals surface area contributed by atoms with Gasteiger partial charge in [0, 0.05) is 13.1 Å². The zero-order chi connectivity index (χ0) is 13.5. The zero-order valence-corrected chi connectivity index (χ0v) is 11.9. The number of nitrogens with one attached hydrogen (secondary N) is 1. The van der Waals surface area contributed by atoms with Gasteiger partial charge in [-0.2, -0.15) is 0 Å². The summed E-state index contributed by atoms with van der Waals surface area (Å²) < 4.78 is 10.9. The largest absolute Gasteiger partial charge is 0.376 e. The van der Waals surface area contributed by atoms with Gasteiger partial charge in [0.05, 0.1) is 19.8 Å². The maximum Gasteiger partial charge on any atom is 0.254 e. The molecule has 2 aliphatic rings. The molecule has 2 aliphatic heterocycles. The topological polar surface area (TPSA) is 50.8 Å². The molecule has 0 aromatic rings. The highest BCUT2D eigenvalue weighted by Gasteiger charge is 2.28. The number of piperidine rings is 1. The van der Waals surface area contributed by atoms with Gasteiger partial charge >= 0.3 is 0 Å². The quantitative estimate of drug-likeness (QED) is 0.796. The van der Waals surface area contributed by atoms with E-state index in [1.807, 2.05) is 4.90 Å². The SMILES string of the molecule is CCCN(CC1CCCNC1)C(=O)C1COCCO1. The van der Waals surface area contributed by atoms with Crippen molar-refractivity contribution in [3.05, 3.63) is 0 Å². The van der Waals surface area contributed by atoms with Crippen molar-refractivity contribution < 1.29 is 14.3 Å². The van der Waals surface area contributed by atoms with Crippen LogP contribution in [0.5, 0.6) is 0 Å². The molecule has 0 aromatic carbocycles. The summed E-state index contributed by atoms with van der Waals surface area (Å²) in [5.41, 5.74) is 0. The van der Waals surface area contributed by atoms with E-state index in [1.54, 1.807) is 0 Å². The number of carbonyl (C=O) groups excluding carboxylic acids is 1. The first-order valence-electron chi connectivity index (χ1n) is 7.50. The van der Waals surface area contributed by atoms with Gasteiger partial charge in [0.15, 0.2) is 6.10 Å². The third kappa shape index (κ3) is 4.44. The summed E-state index contributed by atoms with van der Waals surface area (Å²) in [5, 5.41) is 3.41. The molecule has 2 unspecified atom stereocenters. The van der Waals surface area contributed by atoms with E-state index in [0.717, 1.165) is 32.6 Å². The lowest BCUT2D eigenvalue weighted by Gasteiger charge is -2.33. The number of ether oxygens (including phenoxy) is 2. The van der Waals surface area contributed by atoms with Gasteiger partial charge in [-0.25, -0.2) is 0 Å². The summed E-state index contributed by atoms with van der Waals surface area (Å²) in [4.78, 5) is 14.4. The van der Waals surface area contributed by atoms with Gasteiger partial charge in [0.2, 0.25) is 0 Å². The molecule has 0 aromatic heterocycles. The van der Waals surface area contributed by atoms with Crippen molar-refractivity contribution >= 4 is 5.91 Å². The molecule has 2 rings (SSSR count). The Morgan fingerprint density at radius 2 is 2.32 bits per heavy atom. The molecule has 0 aliphatic carbocycles. The van der Waals surface area contributed by atoms with E-state index in [4.69, 9.17) is 9.47 Å². The number of hydrogen-bond donors (Lipinski definition) is 1. The van der Waals surface area contributed by atoms with E-state index >= 15 is 0 Å². The first-order chi connectivity index (χ1) is 9.31. The van der Waals surface area contributed by atoms with E-state index in [9.17, 15) is 4.79 Å². The van der Waals surface area contributed by atoms with Gasteiger partial charge in [-0.05, 0) is 38.3 Å². The molecule has 0 bridgehead atoms. The highest BCUT2D eigenvalue weighted by Crippen LogP contribution is 2.14. The second kappa shape index (κ2) is 7.82. The van der Waals surface area contributed by atoms with Gasteiger partial charge in [-0.3, -0.25) is 4.79 Å². The van der Waals surface area contributed by atoms with Gasteiger partial charge < -0.3 is 19.7 Å². The van der Waals surface area contributed by atoms with Crippen LogP contribution in [0.4, 0.5) is 0 Å². The second-order valence-electron chi connectivity index (χ2n) is 5.43. The summed E-state index contributed by atoms with van der Waals surface area (Å²) >= 11 is 0. The van der Waals surface area contributed by atoms with Crippen LogP contribution in [-0.2, 0) is 14.3 Å². The monoisotopic (exact) mass is 270 g/mol. The molecule has 110 valence electrons. The smallest absolute Gasteiger partial charge is 0.254 e. The maximum atomic E-state index is 12.5. The average molecular weight is 270 g/mol. The summed E-state index contributed by atoms with van der Waals surface area (Å²) in [5.74, 6) is 0.681. The fourth-order valence-corrected chi connectivity index (χ4v) is 2.79. The van der Waals surface area contributed by atoms with Crippen LogP contribution in [0.15, 0.2) is 0 Å². The first-order valence-corrected chi connectivity index (χ1v) is 7.50. The molecule has 2 atom stereocenters. The van der Waals surface area contributed by atoms with E-state index in [-0.39, 0.29) is 5.91 Å². The van der Waals surface area contributed by atoms with Crippen LogP contribution in [-0.4, -0.2) is 62.9 Å². The number of carbonyl (C=O) groups is 1. The fraction of sp³-hybridized carbons (Fsp3) is 0.929. The Hall–Kier alpha value is -0.650. The molecule has 5 heteroatoms. The number of hydrogen-bond acceptors (Lipinski definition) is 4. The number of nitrogens with zero attached hydrogens (tertiary/aromatic N) is 1. The molecule has 19 heavy (non-hydrogen) atoms. The third-order valence-corrected chi connectivity index (χ3v) is 3.77. The van der Waals surface area contributed by atoms with Crippen LogP contribution in [0.2, 0.25) is 0 Å². The van der Waals surface area contributed by atoms with E-state index in [2.05, 4.69) is 12.2 Å². The summed E-state index contributed by atoms with van der Waals surface area (Å²) in [6, 6.07) is 0. The van der Waals surface area contributed by atoms with Crippen molar-refractivity contribution in [2.45, 2.75) is 32.3 Å². The molecule has 0 spiro atoms. The van der Waals surface area contributed by atoms with Crippen LogP contribution >= 0.6 is 0 Å². The standard InChI is InChI=1S/C14H26N2O3/c1-2-6-16(10-12-4-3-5-15-9-12)14(17)13-11-18-7-8-19-13/h12-13,15H,2-11H2,1H3. The molecule has 1 N–H and O–H groups in total. The maximum absolute atomic E-state index is 12.5. The van der Waals surface area contributed by atoms with E-state index in [0.29, 0.717) is 25.7 Å². The Morgan fingerprint density at radius 3 is 2.95 bits per heavy atom. The molecular weight excluding hydrogens is 244 g/mol. The Morgan fingerprint density at radius 1 is 1.42 bits per heavy atom. The molecular formula is C14H26N2O3. The lowest BCUT2D eigenvalue weighted by molar-refractivity contribution is -0.158. The van der Waals surface area contributed by atoms with Crippen molar-refractivity contribution in [2.75, 3.05) is 46.0 Å². The van der Waals surface area contributed by atoms with Crippen LogP contribution in [0.1, 0.15) is 26.2 Å². The summed E-state index contributed by atoms with van der Waals surface area (Å²) in [6.45, 7) is 7.44. The number of rotatable bonds is 5. The molecule has 2 saturated heterocycles. The molecule has 5 nitrogen and oxygen atoms in total. The summed E-state index contributed by atoms with van der Waals surface area (Å²) in [7, 11) is 0. The molecule has 1 amide bonds. The minimum Gasteiger partial charge on any atom is -0.376 e. The Balaban J connectivity index is 1.87. The lowest BCUT2D eigenvalue weighted by atomic mass is 9.98. The van der Waals surface area contributed by atoms with Gasteiger partial charge in [0.25, 0.3) is 5.91 Å². The summed E-state index contributed by atoms with van der Waals surface area (Å²) in [6.07, 6.45) is 3.01. The van der Waals surface area contributed by atoms with Crippen molar-refractivity contribution in [3.8, 4) is 0 Å². The van der Waals surface area contributed by atoms with Crippen molar-refractivity contribution in [1.29, 1.82) is 0 Å². The van der Waals surface area contributed by atoms with Gasteiger partial charge in [0.1, 0.15) is 0 Å². The molecule has 0 saturated carbocycles. The molecule has 0 radical (unpaired) electrons. The average Bonchev–Trinajstić information content (AvgIpc) is 2.48. The zero-order valence-electron chi connectivity index (χ0n) is 11.9. The second-order valence-corrected chi connectivity index (χ2v) is 5.43.